The number of fused-ring (bicyclic) bond motifs is 1. The van der Waals surface area contributed by atoms with E-state index in [0.717, 1.165) is 18.6 Å². The van der Waals surface area contributed by atoms with Crippen molar-refractivity contribution in [2.45, 2.75) is 5.92 Å². The maximum atomic E-state index is 4.36. The molecule has 1 aliphatic heterocycles. The lowest BCUT2D eigenvalue weighted by Crippen LogP contribution is -2.39. The summed E-state index contributed by atoms with van der Waals surface area (Å²) in [5.41, 5.74) is 2.52. The highest BCUT2D eigenvalue weighted by Gasteiger charge is 2.18. The molecule has 1 aliphatic rings. The fraction of sp³-hybridized carbons (Fsp3) is 0.250. The molecule has 1 N–H and O–H groups in total. The molecule has 2 heteroatoms. The highest BCUT2D eigenvalue weighted by molar-refractivity contribution is 5.79. The number of aromatic nitrogens is 1. The van der Waals surface area contributed by atoms with E-state index >= 15 is 0 Å². The van der Waals surface area contributed by atoms with Crippen molar-refractivity contribution in [1.82, 2.24) is 10.3 Å². The van der Waals surface area contributed by atoms with E-state index in [2.05, 4.69) is 34.6 Å². The Balaban J connectivity index is 2.10. The smallest absolute Gasteiger partial charge is 0.0704 e. The van der Waals surface area contributed by atoms with E-state index in [-0.39, 0.29) is 0 Å². The van der Waals surface area contributed by atoms with E-state index in [1.54, 1.807) is 0 Å². The van der Waals surface area contributed by atoms with E-state index in [9.17, 15) is 0 Å². The molecule has 2 heterocycles. The second-order valence-electron chi connectivity index (χ2n) is 3.81. The third kappa shape index (κ3) is 1.19. The predicted molar refractivity (Wildman–Crippen MR) is 57.4 cm³/mol. The summed E-state index contributed by atoms with van der Waals surface area (Å²) < 4.78 is 0. The first-order chi connectivity index (χ1) is 6.93. The van der Waals surface area contributed by atoms with Crippen LogP contribution in [0.1, 0.15) is 11.5 Å². The maximum absolute atomic E-state index is 4.36. The van der Waals surface area contributed by atoms with E-state index in [1.165, 1.54) is 10.9 Å². The Labute approximate surface area is 83.0 Å². The minimum Gasteiger partial charge on any atom is -0.315 e. The number of nitrogens with one attached hydrogen (secondary N) is 1. The summed E-state index contributed by atoms with van der Waals surface area (Å²) in [6.45, 7) is 2.22. The third-order valence-electron chi connectivity index (χ3n) is 2.88. The van der Waals surface area contributed by atoms with Crippen molar-refractivity contribution in [3.05, 3.63) is 42.1 Å². The Kier molecular flexibility index (Phi) is 1.74. The number of hydrogen-bond acceptors (Lipinski definition) is 2. The van der Waals surface area contributed by atoms with Gasteiger partial charge in [0.15, 0.2) is 0 Å². The Hall–Kier alpha value is -1.41. The van der Waals surface area contributed by atoms with Crippen LogP contribution in [0.25, 0.3) is 10.9 Å². The molecule has 0 bridgehead atoms. The van der Waals surface area contributed by atoms with Crippen molar-refractivity contribution in [3.8, 4) is 0 Å². The van der Waals surface area contributed by atoms with E-state index < -0.39 is 0 Å². The van der Waals surface area contributed by atoms with Crippen LogP contribution in [-0.4, -0.2) is 18.1 Å². The van der Waals surface area contributed by atoms with Crippen LogP contribution in [0.3, 0.4) is 0 Å². The van der Waals surface area contributed by atoms with Gasteiger partial charge >= 0.3 is 0 Å². The molecule has 70 valence electrons. The number of rotatable bonds is 1. The highest BCUT2D eigenvalue weighted by Crippen LogP contribution is 2.22. The van der Waals surface area contributed by atoms with Crippen LogP contribution in [0.15, 0.2) is 36.5 Å². The summed E-state index contributed by atoms with van der Waals surface area (Å²) in [6.07, 6.45) is 1.85. The van der Waals surface area contributed by atoms with Gasteiger partial charge in [-0.3, -0.25) is 4.98 Å². The van der Waals surface area contributed by atoms with Crippen molar-refractivity contribution < 1.29 is 0 Å². The summed E-state index contributed by atoms with van der Waals surface area (Å²) in [5.74, 6) is 0.696. The molecule has 3 rings (SSSR count). The van der Waals surface area contributed by atoms with E-state index in [1.807, 2.05) is 12.3 Å². The predicted octanol–water partition coefficient (Wildman–Crippen LogP) is 1.92. The zero-order chi connectivity index (χ0) is 9.38. The van der Waals surface area contributed by atoms with Crippen LogP contribution in [-0.2, 0) is 0 Å². The fourth-order valence-electron chi connectivity index (χ4n) is 1.86. The number of hydrogen-bond donors (Lipinski definition) is 1. The molecule has 0 radical (unpaired) electrons. The van der Waals surface area contributed by atoms with Crippen LogP contribution in [0, 0.1) is 0 Å². The Bertz CT molecular complexity index is 461. The molecule has 2 aromatic rings. The van der Waals surface area contributed by atoms with Crippen molar-refractivity contribution in [2.75, 3.05) is 13.1 Å². The van der Waals surface area contributed by atoms with Crippen LogP contribution in [0.5, 0.6) is 0 Å². The first-order valence-electron chi connectivity index (χ1n) is 4.99. The highest BCUT2D eigenvalue weighted by atomic mass is 14.9. The molecule has 0 spiro atoms. The summed E-state index contributed by atoms with van der Waals surface area (Å²) in [7, 11) is 0. The van der Waals surface area contributed by atoms with Crippen molar-refractivity contribution in [2.24, 2.45) is 0 Å². The van der Waals surface area contributed by atoms with Crippen molar-refractivity contribution >= 4 is 10.9 Å². The van der Waals surface area contributed by atoms with Gasteiger partial charge in [0.05, 0.1) is 5.52 Å². The van der Waals surface area contributed by atoms with Crippen LogP contribution >= 0.6 is 0 Å². The van der Waals surface area contributed by atoms with Gasteiger partial charge in [0.25, 0.3) is 0 Å². The fourth-order valence-corrected chi connectivity index (χ4v) is 1.86. The second-order valence-corrected chi connectivity index (χ2v) is 3.81. The van der Waals surface area contributed by atoms with Crippen molar-refractivity contribution in [1.29, 1.82) is 0 Å². The van der Waals surface area contributed by atoms with Crippen LogP contribution in [0.4, 0.5) is 0 Å². The minimum atomic E-state index is 0.696. The van der Waals surface area contributed by atoms with Gasteiger partial charge in [0, 0.05) is 30.6 Å². The minimum absolute atomic E-state index is 0.696. The summed E-state index contributed by atoms with van der Waals surface area (Å²) in [6, 6.07) is 10.7. The first-order valence-corrected chi connectivity index (χ1v) is 4.99. The molecule has 0 aliphatic carbocycles. The van der Waals surface area contributed by atoms with E-state index in [0.29, 0.717) is 5.92 Å². The lowest BCUT2D eigenvalue weighted by molar-refractivity contribution is 0.448. The second kappa shape index (κ2) is 3.07. The number of benzene rings is 1. The van der Waals surface area contributed by atoms with Gasteiger partial charge in [0.2, 0.25) is 0 Å². The van der Waals surface area contributed by atoms with Gasteiger partial charge in [0.1, 0.15) is 0 Å². The molecule has 0 amide bonds. The summed E-state index contributed by atoms with van der Waals surface area (Å²) >= 11 is 0. The molecule has 1 aromatic heterocycles. The molecular weight excluding hydrogens is 172 g/mol. The number of nitrogens with zero attached hydrogens (tertiary/aromatic N) is 1. The topological polar surface area (TPSA) is 24.9 Å². The van der Waals surface area contributed by atoms with Gasteiger partial charge < -0.3 is 5.32 Å². The quantitative estimate of drug-likeness (QED) is 0.732. The Morgan fingerprint density at radius 2 is 2.14 bits per heavy atom. The third-order valence-corrected chi connectivity index (χ3v) is 2.88. The monoisotopic (exact) mass is 184 g/mol. The molecule has 1 saturated heterocycles. The summed E-state index contributed by atoms with van der Waals surface area (Å²) in [5, 5.41) is 4.51. The maximum Gasteiger partial charge on any atom is 0.0704 e. The zero-order valence-corrected chi connectivity index (χ0v) is 7.90. The average Bonchev–Trinajstić information content (AvgIpc) is 2.15. The van der Waals surface area contributed by atoms with Gasteiger partial charge in [-0.1, -0.05) is 18.2 Å². The van der Waals surface area contributed by atoms with Crippen LogP contribution in [0.2, 0.25) is 0 Å². The average molecular weight is 184 g/mol. The molecule has 1 fully saturated rings. The summed E-state index contributed by atoms with van der Waals surface area (Å²) in [4.78, 5) is 4.36. The van der Waals surface area contributed by atoms with Gasteiger partial charge in [-0.05, 0) is 17.7 Å². The largest absolute Gasteiger partial charge is 0.315 e. The van der Waals surface area contributed by atoms with Gasteiger partial charge in [-0.25, -0.2) is 0 Å². The zero-order valence-electron chi connectivity index (χ0n) is 7.90. The molecule has 0 saturated carbocycles. The lowest BCUT2D eigenvalue weighted by Gasteiger charge is -2.27. The standard InChI is InChI=1S/C12H12N2/c1-2-9-3-4-10(11-7-13-8-11)6-12(9)14-5-1/h1-6,11,13H,7-8H2. The van der Waals surface area contributed by atoms with Crippen LogP contribution < -0.4 is 5.32 Å². The van der Waals surface area contributed by atoms with Crippen molar-refractivity contribution in [3.63, 3.8) is 0 Å². The molecule has 14 heavy (non-hydrogen) atoms. The normalized spacial score (nSPS) is 16.9. The lowest BCUT2D eigenvalue weighted by atomic mass is 9.93. The van der Waals surface area contributed by atoms with Gasteiger partial charge in [-0.15, -0.1) is 0 Å². The Morgan fingerprint density at radius 1 is 1.21 bits per heavy atom. The number of pyridine rings is 1. The molecule has 1 aromatic carbocycles. The molecular formula is C12H12N2. The first kappa shape index (κ1) is 7.94. The molecule has 2 nitrogen and oxygen atoms in total. The SMILES string of the molecule is c1cnc2cc(C3CNC3)ccc2c1. The van der Waals surface area contributed by atoms with E-state index in [4.69, 9.17) is 0 Å². The molecule has 0 atom stereocenters. The van der Waals surface area contributed by atoms with Gasteiger partial charge in [-0.2, -0.15) is 0 Å². The molecule has 0 unspecified atom stereocenters. The Morgan fingerprint density at radius 3 is 2.93 bits per heavy atom.